The molecule has 0 bridgehead atoms. The number of fused-ring (bicyclic) bond motifs is 1. The van der Waals surface area contributed by atoms with E-state index in [1.807, 2.05) is 18.2 Å². The molecule has 0 saturated heterocycles. The molecule has 6 heteroatoms. The van der Waals surface area contributed by atoms with Crippen LogP contribution in [-0.2, 0) is 11.2 Å². The van der Waals surface area contributed by atoms with Crippen molar-refractivity contribution >= 4 is 5.78 Å². The summed E-state index contributed by atoms with van der Waals surface area (Å²) < 4.78 is 29.7. The van der Waals surface area contributed by atoms with Gasteiger partial charge in [0.05, 0.1) is 0 Å². The first kappa shape index (κ1) is 15.4. The number of carbonyl (C=O) groups is 1. The highest BCUT2D eigenvalue weighted by atomic mass is 19.3. The first-order valence-corrected chi connectivity index (χ1v) is 8.39. The molecule has 0 spiro atoms. The summed E-state index contributed by atoms with van der Waals surface area (Å²) in [4.78, 5) is 16.0. The molecular weight excluding hydrogens is 314 g/mol. The number of hydrogen-bond acceptors (Lipinski definition) is 4. The van der Waals surface area contributed by atoms with E-state index in [-0.39, 0.29) is 17.7 Å². The Labute approximate surface area is 138 Å². The van der Waals surface area contributed by atoms with Gasteiger partial charge >= 0.3 is 6.43 Å². The highest BCUT2D eigenvalue weighted by Crippen LogP contribution is 2.39. The number of hydrogen-bond donors (Lipinski definition) is 0. The van der Waals surface area contributed by atoms with Gasteiger partial charge < -0.3 is 4.52 Å². The Morgan fingerprint density at radius 1 is 1.29 bits per heavy atom. The van der Waals surface area contributed by atoms with Crippen LogP contribution in [0.2, 0.25) is 0 Å². The first-order chi connectivity index (χ1) is 11.6. The van der Waals surface area contributed by atoms with Crippen LogP contribution < -0.4 is 0 Å². The molecule has 0 amide bonds. The minimum absolute atomic E-state index is 0.182. The quantitative estimate of drug-likeness (QED) is 0.811. The summed E-state index contributed by atoms with van der Waals surface area (Å²) >= 11 is 0. The van der Waals surface area contributed by atoms with Crippen molar-refractivity contribution in [2.45, 2.75) is 50.9 Å². The summed E-state index contributed by atoms with van der Waals surface area (Å²) in [6.45, 7) is 0. The number of rotatable bonds is 5. The van der Waals surface area contributed by atoms with E-state index in [1.165, 1.54) is 12.0 Å². The molecule has 1 aromatic carbocycles. The van der Waals surface area contributed by atoms with Crippen LogP contribution in [0.15, 0.2) is 22.7 Å². The molecule has 1 atom stereocenters. The molecule has 2 aliphatic rings. The van der Waals surface area contributed by atoms with E-state index in [4.69, 9.17) is 0 Å². The standard InChI is InChI=1S/C18H18F2N2O2/c19-16(20)18-21-17(22-24-18)13-6-7-14-11(8-13)4-5-12(14)9-15(23)10-2-1-3-10/h6-8,10,12,16H,1-5,9H2/t12-/m0/s1. The van der Waals surface area contributed by atoms with Gasteiger partial charge in [0.25, 0.3) is 5.89 Å². The summed E-state index contributed by atoms with van der Waals surface area (Å²) in [7, 11) is 0. The average molecular weight is 332 g/mol. The Morgan fingerprint density at radius 3 is 2.79 bits per heavy atom. The number of carbonyl (C=O) groups excluding carboxylic acids is 1. The molecule has 1 fully saturated rings. The third-order valence-electron chi connectivity index (χ3n) is 5.24. The van der Waals surface area contributed by atoms with Gasteiger partial charge in [0.15, 0.2) is 0 Å². The molecule has 24 heavy (non-hydrogen) atoms. The second-order valence-electron chi connectivity index (χ2n) is 6.70. The highest BCUT2D eigenvalue weighted by Gasteiger charge is 2.31. The summed E-state index contributed by atoms with van der Waals surface area (Å²) in [6, 6.07) is 5.74. The van der Waals surface area contributed by atoms with Gasteiger partial charge in [-0.3, -0.25) is 4.79 Å². The van der Waals surface area contributed by atoms with Gasteiger partial charge in [0.2, 0.25) is 5.82 Å². The van der Waals surface area contributed by atoms with Gasteiger partial charge in [-0.1, -0.05) is 23.7 Å². The predicted octanol–water partition coefficient (Wildman–Crippen LogP) is 4.46. The number of halogens is 2. The van der Waals surface area contributed by atoms with Crippen LogP contribution in [0.3, 0.4) is 0 Å². The predicted molar refractivity (Wildman–Crippen MR) is 82.7 cm³/mol. The zero-order chi connectivity index (χ0) is 16.7. The lowest BCUT2D eigenvalue weighted by Crippen LogP contribution is -2.23. The second kappa shape index (κ2) is 6.07. The van der Waals surface area contributed by atoms with Crippen molar-refractivity contribution in [3.8, 4) is 11.4 Å². The summed E-state index contributed by atoms with van der Waals surface area (Å²) in [5.74, 6) is 0.476. The second-order valence-corrected chi connectivity index (χ2v) is 6.70. The van der Waals surface area contributed by atoms with Gasteiger partial charge in [-0.05, 0) is 48.8 Å². The van der Waals surface area contributed by atoms with Crippen LogP contribution in [0, 0.1) is 5.92 Å². The summed E-state index contributed by atoms with van der Waals surface area (Å²) in [6.07, 6.45) is 2.98. The molecule has 1 aromatic heterocycles. The maximum absolute atomic E-state index is 12.6. The lowest BCUT2D eigenvalue weighted by molar-refractivity contribution is -0.125. The van der Waals surface area contributed by atoms with E-state index in [2.05, 4.69) is 14.7 Å². The largest absolute Gasteiger partial charge is 0.333 e. The maximum Gasteiger partial charge on any atom is 0.315 e. The fraction of sp³-hybridized carbons (Fsp3) is 0.500. The molecule has 4 rings (SSSR count). The van der Waals surface area contributed by atoms with Gasteiger partial charge in [0, 0.05) is 17.9 Å². The number of nitrogens with zero attached hydrogens (tertiary/aromatic N) is 2. The lowest BCUT2D eigenvalue weighted by Gasteiger charge is -2.25. The SMILES string of the molecule is O=C(C[C@@H]1CCc2cc(-c3noc(C(F)F)n3)ccc21)C1CCC1. The Kier molecular flexibility index (Phi) is 3.90. The van der Waals surface area contributed by atoms with Crippen LogP contribution in [0.25, 0.3) is 11.4 Å². The Balaban J connectivity index is 1.52. The van der Waals surface area contributed by atoms with E-state index < -0.39 is 12.3 Å². The van der Waals surface area contributed by atoms with Crippen molar-refractivity contribution in [1.82, 2.24) is 10.1 Å². The lowest BCUT2D eigenvalue weighted by atomic mass is 9.78. The Morgan fingerprint density at radius 2 is 2.12 bits per heavy atom. The molecular formula is C18H18F2N2O2. The summed E-state index contributed by atoms with van der Waals surface area (Å²) in [5.41, 5.74) is 3.03. The van der Waals surface area contributed by atoms with Gasteiger partial charge in [-0.2, -0.15) is 13.8 Å². The van der Waals surface area contributed by atoms with E-state index in [1.54, 1.807) is 0 Å². The van der Waals surface area contributed by atoms with Crippen molar-refractivity contribution in [3.05, 3.63) is 35.2 Å². The van der Waals surface area contributed by atoms with E-state index >= 15 is 0 Å². The van der Waals surface area contributed by atoms with Gasteiger partial charge in [-0.25, -0.2) is 0 Å². The molecule has 0 radical (unpaired) electrons. The van der Waals surface area contributed by atoms with Crippen LogP contribution in [0.5, 0.6) is 0 Å². The summed E-state index contributed by atoms with van der Waals surface area (Å²) in [5, 5.41) is 3.62. The monoisotopic (exact) mass is 332 g/mol. The van der Waals surface area contributed by atoms with Crippen LogP contribution in [-0.4, -0.2) is 15.9 Å². The normalized spacial score (nSPS) is 20.2. The van der Waals surface area contributed by atoms with Gasteiger partial charge in [-0.15, -0.1) is 0 Å². The minimum atomic E-state index is -2.76. The maximum atomic E-state index is 12.6. The number of benzene rings is 1. The third-order valence-corrected chi connectivity index (χ3v) is 5.24. The van der Waals surface area contributed by atoms with Crippen LogP contribution in [0.4, 0.5) is 8.78 Å². The molecule has 2 aromatic rings. The van der Waals surface area contributed by atoms with Crippen molar-refractivity contribution in [1.29, 1.82) is 0 Å². The fourth-order valence-electron chi connectivity index (χ4n) is 3.64. The zero-order valence-corrected chi connectivity index (χ0v) is 13.2. The van der Waals surface area contributed by atoms with E-state index in [0.29, 0.717) is 17.8 Å². The number of aromatic nitrogens is 2. The molecule has 0 N–H and O–H groups in total. The third kappa shape index (κ3) is 2.74. The Hall–Kier alpha value is -2.11. The minimum Gasteiger partial charge on any atom is -0.333 e. The van der Waals surface area contributed by atoms with E-state index in [9.17, 15) is 13.6 Å². The molecule has 1 heterocycles. The molecule has 4 nitrogen and oxygen atoms in total. The molecule has 0 unspecified atom stereocenters. The number of ketones is 1. The number of Topliss-reactive ketones (excluding diaryl/α,β-unsaturated/α-hetero) is 1. The molecule has 0 aliphatic heterocycles. The van der Waals surface area contributed by atoms with Crippen molar-refractivity contribution in [2.24, 2.45) is 5.92 Å². The van der Waals surface area contributed by atoms with Crippen LogP contribution in [0.1, 0.15) is 61.5 Å². The number of alkyl halides is 2. The topological polar surface area (TPSA) is 56.0 Å². The molecule has 1 saturated carbocycles. The van der Waals surface area contributed by atoms with Gasteiger partial charge in [0.1, 0.15) is 5.78 Å². The number of aryl methyl sites for hydroxylation is 1. The highest BCUT2D eigenvalue weighted by molar-refractivity contribution is 5.82. The van der Waals surface area contributed by atoms with Crippen molar-refractivity contribution in [3.63, 3.8) is 0 Å². The smallest absolute Gasteiger partial charge is 0.315 e. The molecule has 2 aliphatic carbocycles. The fourth-order valence-corrected chi connectivity index (χ4v) is 3.64. The average Bonchev–Trinajstić information content (AvgIpc) is 3.12. The van der Waals surface area contributed by atoms with Crippen LogP contribution >= 0.6 is 0 Å². The van der Waals surface area contributed by atoms with E-state index in [0.717, 1.165) is 31.2 Å². The zero-order valence-electron chi connectivity index (χ0n) is 13.2. The first-order valence-electron chi connectivity index (χ1n) is 8.39. The van der Waals surface area contributed by atoms with Crippen molar-refractivity contribution in [2.75, 3.05) is 0 Å². The Bertz CT molecular complexity index is 768. The molecule has 126 valence electrons. The van der Waals surface area contributed by atoms with Crippen molar-refractivity contribution < 1.29 is 18.1 Å².